The van der Waals surface area contributed by atoms with Gasteiger partial charge in [-0.05, 0) is 110 Å². The summed E-state index contributed by atoms with van der Waals surface area (Å²) in [5.41, 5.74) is 5.03. The van der Waals surface area contributed by atoms with Crippen molar-refractivity contribution in [2.75, 3.05) is 0 Å². The molecule has 0 amide bonds. The molecule has 4 aliphatic carbocycles. The molecule has 4 aliphatic rings. The lowest BCUT2D eigenvalue weighted by molar-refractivity contribution is -0.0385. The molecular formula is C30H49N. The fourth-order valence-electron chi connectivity index (χ4n) is 8.22. The highest BCUT2D eigenvalue weighted by Gasteiger charge is 2.58. The maximum Gasteiger partial charge on any atom is 0.0253 e. The molecule has 1 nitrogen and oxygen atoms in total. The Labute approximate surface area is 194 Å². The molecule has 3 saturated carbocycles. The smallest absolute Gasteiger partial charge is 0.0253 e. The van der Waals surface area contributed by atoms with Crippen LogP contribution in [0.4, 0.5) is 0 Å². The molecule has 0 spiro atoms. The van der Waals surface area contributed by atoms with Crippen LogP contribution in [0, 0.1) is 45.8 Å². The van der Waals surface area contributed by atoms with Gasteiger partial charge in [-0.15, -0.1) is 0 Å². The highest BCUT2D eigenvalue weighted by molar-refractivity contribution is 5.82. The minimum Gasteiger partial charge on any atom is -0.308 e. The maximum absolute atomic E-state index is 7.96. The quantitative estimate of drug-likeness (QED) is 0.265. The zero-order chi connectivity index (χ0) is 22.8. The Bertz CT molecular complexity index is 774. The van der Waals surface area contributed by atoms with Crippen LogP contribution in [0.1, 0.15) is 94.3 Å². The molecule has 3 fully saturated rings. The van der Waals surface area contributed by atoms with Crippen LogP contribution >= 0.6 is 0 Å². The largest absolute Gasteiger partial charge is 0.308 e. The first-order chi connectivity index (χ1) is 14.9. The molecule has 7 atom stereocenters. The normalized spacial score (nSPS) is 42.3. The first-order valence-corrected chi connectivity index (χ1v) is 13.1. The van der Waals surface area contributed by atoms with Gasteiger partial charge in [0.05, 0.1) is 0 Å². The molecule has 0 bridgehead atoms. The van der Waals surface area contributed by atoms with Crippen LogP contribution in [0.3, 0.4) is 0 Å². The van der Waals surface area contributed by atoms with Crippen molar-refractivity contribution in [3.63, 3.8) is 0 Å². The summed E-state index contributed by atoms with van der Waals surface area (Å²) in [5.74, 6) is 4.01. The Kier molecular flexibility index (Phi) is 7.54. The number of hydrogen-bond donors (Lipinski definition) is 1. The number of fused-ring (bicyclic) bond motifs is 5. The summed E-state index contributed by atoms with van der Waals surface area (Å²) >= 11 is 0. The summed E-state index contributed by atoms with van der Waals surface area (Å²) in [4.78, 5) is 0. The second kappa shape index (κ2) is 9.63. The molecule has 0 heterocycles. The van der Waals surface area contributed by atoms with Gasteiger partial charge >= 0.3 is 0 Å². The first-order valence-electron chi connectivity index (χ1n) is 13.1. The lowest BCUT2D eigenvalue weighted by Gasteiger charge is -2.58. The van der Waals surface area contributed by atoms with Crippen LogP contribution in [0.25, 0.3) is 0 Å². The summed E-state index contributed by atoms with van der Waals surface area (Å²) in [6, 6.07) is 0. The van der Waals surface area contributed by atoms with Crippen LogP contribution in [-0.4, -0.2) is 6.21 Å². The van der Waals surface area contributed by atoms with Gasteiger partial charge in [0.15, 0.2) is 0 Å². The molecule has 31 heavy (non-hydrogen) atoms. The third kappa shape index (κ3) is 3.96. The van der Waals surface area contributed by atoms with Gasteiger partial charge in [-0.1, -0.05) is 71.1 Å². The molecule has 0 aromatic rings. The van der Waals surface area contributed by atoms with Gasteiger partial charge in [-0.25, -0.2) is 0 Å². The van der Waals surface area contributed by atoms with E-state index in [9.17, 15) is 0 Å². The average molecular weight is 424 g/mol. The Morgan fingerprint density at radius 3 is 2.52 bits per heavy atom. The van der Waals surface area contributed by atoms with Crippen LogP contribution in [0.15, 0.2) is 47.6 Å². The minimum atomic E-state index is 0. The molecule has 0 aromatic heterocycles. The van der Waals surface area contributed by atoms with E-state index in [0.29, 0.717) is 16.7 Å². The zero-order valence-corrected chi connectivity index (χ0v) is 21.1. The van der Waals surface area contributed by atoms with Gasteiger partial charge in [0, 0.05) is 7.64 Å². The Morgan fingerprint density at radius 2 is 1.87 bits per heavy atom. The van der Waals surface area contributed by atoms with Gasteiger partial charge in [-0.2, -0.15) is 0 Å². The highest BCUT2D eigenvalue weighted by atomic mass is 14.6. The zero-order valence-electron chi connectivity index (χ0n) is 21.1. The van der Waals surface area contributed by atoms with Crippen LogP contribution < -0.4 is 0 Å². The molecule has 4 rings (SSSR count). The van der Waals surface area contributed by atoms with Crippen molar-refractivity contribution in [2.24, 2.45) is 40.4 Å². The average Bonchev–Trinajstić information content (AvgIpc) is 3.12. The molecule has 1 N–H and O–H groups in total. The van der Waals surface area contributed by atoms with Crippen molar-refractivity contribution in [2.45, 2.75) is 92.9 Å². The fourth-order valence-corrected chi connectivity index (χ4v) is 8.22. The number of allylic oxidation sites excluding steroid dienone is 7. The second-order valence-corrected chi connectivity index (χ2v) is 11.0. The summed E-state index contributed by atoms with van der Waals surface area (Å²) in [6.45, 7) is 17.9. The van der Waals surface area contributed by atoms with Crippen molar-refractivity contribution in [3.8, 4) is 0 Å². The summed E-state index contributed by atoms with van der Waals surface area (Å²) in [6.07, 6.45) is 21.3. The Hall–Kier alpha value is -1.37. The van der Waals surface area contributed by atoms with E-state index in [-0.39, 0.29) is 1.43 Å². The van der Waals surface area contributed by atoms with Gasteiger partial charge in [0.1, 0.15) is 0 Å². The Morgan fingerprint density at radius 1 is 1.13 bits per heavy atom. The van der Waals surface area contributed by atoms with Crippen LogP contribution in [0.2, 0.25) is 0 Å². The molecule has 1 heteroatoms. The molecule has 0 saturated heterocycles. The molecule has 7 unspecified atom stereocenters. The van der Waals surface area contributed by atoms with Gasteiger partial charge < -0.3 is 5.41 Å². The third-order valence-corrected chi connectivity index (χ3v) is 9.78. The van der Waals surface area contributed by atoms with Crippen LogP contribution in [-0.2, 0) is 0 Å². The van der Waals surface area contributed by atoms with E-state index < -0.39 is 0 Å². The maximum atomic E-state index is 7.96. The fraction of sp³-hybridized carbons (Fsp3) is 0.700. The molecule has 0 aromatic carbocycles. The van der Waals surface area contributed by atoms with E-state index in [1.807, 2.05) is 20.8 Å². The summed E-state index contributed by atoms with van der Waals surface area (Å²) in [5, 5.41) is 7.96. The SMILES string of the molecule is C=C/C(=C(C=N)/C=C\C)C1CCC2C3CC=C4CC(C)CCC4(C)C3CCC12C.CC.[HH]. The van der Waals surface area contributed by atoms with Gasteiger partial charge in [-0.3, -0.25) is 0 Å². The molecule has 174 valence electrons. The van der Waals surface area contributed by atoms with Crippen LogP contribution in [0.5, 0.6) is 0 Å². The van der Waals surface area contributed by atoms with Crippen molar-refractivity contribution in [3.05, 3.63) is 47.6 Å². The lowest BCUT2D eigenvalue weighted by atomic mass is 9.46. The topological polar surface area (TPSA) is 23.9 Å². The number of nitrogens with one attached hydrogen (secondary N) is 1. The first kappa shape index (κ1) is 24.3. The van der Waals surface area contributed by atoms with E-state index in [1.165, 1.54) is 56.9 Å². The second-order valence-electron chi connectivity index (χ2n) is 11.0. The predicted molar refractivity (Wildman–Crippen MR) is 139 cm³/mol. The standard InChI is InChI=1S/C28H41N.C2H6.H2/c1-6-8-20(18-29)22(7-2)24-11-12-25-23-10-9-21-17-19(3)13-15-27(21,4)26(23)14-16-28(24,25)5;1-2;/h6-9,18-19,23-26,29H,2,10-17H2,1,3-5H3;1-2H3;1H/b8-6-,22-20+,29-18?;;. The van der Waals surface area contributed by atoms with E-state index in [0.717, 1.165) is 29.2 Å². The van der Waals surface area contributed by atoms with E-state index in [2.05, 4.69) is 51.7 Å². The van der Waals surface area contributed by atoms with Gasteiger partial charge in [0.2, 0.25) is 0 Å². The minimum absolute atomic E-state index is 0. The van der Waals surface area contributed by atoms with E-state index >= 15 is 0 Å². The Balaban J connectivity index is 0.00000118. The van der Waals surface area contributed by atoms with E-state index in [1.54, 1.807) is 11.8 Å². The molecule has 0 radical (unpaired) electrons. The molecular weight excluding hydrogens is 374 g/mol. The number of hydrogen-bond acceptors (Lipinski definition) is 1. The highest BCUT2D eigenvalue weighted by Crippen LogP contribution is 2.67. The lowest BCUT2D eigenvalue weighted by Crippen LogP contribution is -2.50. The van der Waals surface area contributed by atoms with Crippen molar-refractivity contribution >= 4 is 6.21 Å². The number of rotatable bonds is 4. The predicted octanol–water partition coefficient (Wildman–Crippen LogP) is 9.18. The van der Waals surface area contributed by atoms with Crippen molar-refractivity contribution < 1.29 is 1.43 Å². The third-order valence-electron chi connectivity index (χ3n) is 9.78. The van der Waals surface area contributed by atoms with Crippen molar-refractivity contribution in [1.29, 1.82) is 5.41 Å². The van der Waals surface area contributed by atoms with Crippen molar-refractivity contribution in [1.82, 2.24) is 0 Å². The van der Waals surface area contributed by atoms with Gasteiger partial charge in [0.25, 0.3) is 0 Å². The monoisotopic (exact) mass is 423 g/mol. The van der Waals surface area contributed by atoms with E-state index in [4.69, 9.17) is 5.41 Å². The molecule has 0 aliphatic heterocycles. The summed E-state index contributed by atoms with van der Waals surface area (Å²) < 4.78 is 0. The summed E-state index contributed by atoms with van der Waals surface area (Å²) in [7, 11) is 0.